The lowest BCUT2D eigenvalue weighted by Gasteiger charge is -2.38. The molecule has 0 N–H and O–H groups in total. The van der Waals surface area contributed by atoms with Crippen LogP contribution >= 0.6 is 0 Å². The molecular weight excluding hydrogens is 290 g/mol. The maximum atomic E-state index is 12.8. The molecule has 1 aromatic rings. The molecule has 3 rings (SSSR count). The fourth-order valence-corrected chi connectivity index (χ4v) is 3.63. The van der Waals surface area contributed by atoms with Gasteiger partial charge in [0.15, 0.2) is 0 Å². The topological polar surface area (TPSA) is 56.6 Å². The second-order valence-corrected chi connectivity index (χ2v) is 6.38. The van der Waals surface area contributed by atoms with Crippen molar-refractivity contribution in [3.63, 3.8) is 0 Å². The number of hydrogen-bond donors (Lipinski definition) is 0. The van der Waals surface area contributed by atoms with E-state index in [4.69, 9.17) is 4.74 Å². The molecule has 1 aromatic carbocycles. The van der Waals surface area contributed by atoms with E-state index in [1.807, 2.05) is 23.1 Å². The molecule has 1 aliphatic carbocycles. The minimum absolute atomic E-state index is 0.0443. The molecule has 2 fully saturated rings. The molecular formula is C18H23N3O2. The molecule has 0 bridgehead atoms. The summed E-state index contributed by atoms with van der Waals surface area (Å²) in [5.74, 6) is 0.887. The van der Waals surface area contributed by atoms with Gasteiger partial charge in [0.05, 0.1) is 13.2 Å². The Labute approximate surface area is 137 Å². The van der Waals surface area contributed by atoms with Crippen LogP contribution in [0.4, 0.5) is 5.69 Å². The minimum atomic E-state index is -0.752. The zero-order valence-corrected chi connectivity index (χ0v) is 13.6. The van der Waals surface area contributed by atoms with Crippen LogP contribution in [0.2, 0.25) is 0 Å². The van der Waals surface area contributed by atoms with Gasteiger partial charge in [-0.3, -0.25) is 4.79 Å². The van der Waals surface area contributed by atoms with E-state index in [9.17, 15) is 10.1 Å². The summed E-state index contributed by atoms with van der Waals surface area (Å²) >= 11 is 0. The number of nitriles is 1. The Morgan fingerprint density at radius 2 is 1.91 bits per heavy atom. The largest absolute Gasteiger partial charge is 0.497 e. The molecule has 23 heavy (non-hydrogen) atoms. The Hall–Kier alpha value is -2.22. The summed E-state index contributed by atoms with van der Waals surface area (Å²) in [5.41, 5.74) is 0.366. The van der Waals surface area contributed by atoms with Crippen LogP contribution in [0.25, 0.3) is 0 Å². The Bertz CT molecular complexity index is 609. The van der Waals surface area contributed by atoms with Crippen molar-refractivity contribution in [3.8, 4) is 11.8 Å². The lowest BCUT2D eigenvalue weighted by molar-refractivity contribution is -0.139. The van der Waals surface area contributed by atoms with Gasteiger partial charge in [-0.15, -0.1) is 0 Å². The molecule has 0 unspecified atom stereocenters. The van der Waals surface area contributed by atoms with Crippen molar-refractivity contribution in [3.05, 3.63) is 24.3 Å². The highest BCUT2D eigenvalue weighted by atomic mass is 16.5. The first-order chi connectivity index (χ1) is 11.2. The first-order valence-corrected chi connectivity index (χ1v) is 8.28. The maximum Gasteiger partial charge on any atom is 0.243 e. The van der Waals surface area contributed by atoms with Gasteiger partial charge in [0.1, 0.15) is 11.2 Å². The number of ether oxygens (including phenoxy) is 1. The van der Waals surface area contributed by atoms with E-state index in [1.54, 1.807) is 7.11 Å². The van der Waals surface area contributed by atoms with Crippen LogP contribution in [-0.2, 0) is 4.79 Å². The lowest BCUT2D eigenvalue weighted by atomic mass is 9.86. The average Bonchev–Trinajstić information content (AvgIpc) is 3.11. The number of nitrogens with zero attached hydrogens (tertiary/aromatic N) is 3. The first kappa shape index (κ1) is 15.7. The summed E-state index contributed by atoms with van der Waals surface area (Å²) in [6, 6.07) is 10.3. The molecule has 0 spiro atoms. The molecule has 0 atom stereocenters. The van der Waals surface area contributed by atoms with Crippen LogP contribution in [0.5, 0.6) is 5.75 Å². The van der Waals surface area contributed by atoms with Crippen molar-refractivity contribution in [1.29, 1.82) is 5.26 Å². The van der Waals surface area contributed by atoms with Crippen molar-refractivity contribution in [2.45, 2.75) is 25.7 Å². The monoisotopic (exact) mass is 313 g/mol. The number of anilines is 1. The van der Waals surface area contributed by atoms with Crippen LogP contribution in [0.1, 0.15) is 25.7 Å². The predicted octanol–water partition coefficient (Wildman–Crippen LogP) is 2.43. The van der Waals surface area contributed by atoms with Gasteiger partial charge in [-0.25, -0.2) is 0 Å². The van der Waals surface area contributed by atoms with Crippen molar-refractivity contribution >= 4 is 11.6 Å². The number of piperazine rings is 1. The first-order valence-electron chi connectivity index (χ1n) is 8.28. The van der Waals surface area contributed by atoms with E-state index in [2.05, 4.69) is 17.0 Å². The molecule has 5 nitrogen and oxygen atoms in total. The highest BCUT2D eigenvalue weighted by Gasteiger charge is 2.44. The Morgan fingerprint density at radius 3 is 2.52 bits per heavy atom. The Morgan fingerprint density at radius 1 is 1.22 bits per heavy atom. The van der Waals surface area contributed by atoms with Gasteiger partial charge in [0, 0.05) is 37.9 Å². The number of carbonyl (C=O) groups is 1. The fourth-order valence-electron chi connectivity index (χ4n) is 3.63. The van der Waals surface area contributed by atoms with Crippen molar-refractivity contribution in [2.75, 3.05) is 38.2 Å². The predicted molar refractivity (Wildman–Crippen MR) is 88.3 cm³/mol. The Balaban J connectivity index is 1.64. The van der Waals surface area contributed by atoms with Crippen LogP contribution in [0.3, 0.4) is 0 Å². The van der Waals surface area contributed by atoms with Crippen LogP contribution < -0.4 is 9.64 Å². The van der Waals surface area contributed by atoms with Crippen LogP contribution in [0, 0.1) is 16.7 Å². The normalized spacial score (nSPS) is 20.2. The quantitative estimate of drug-likeness (QED) is 0.860. The third kappa shape index (κ3) is 2.98. The molecule has 1 heterocycles. The number of carbonyl (C=O) groups excluding carboxylic acids is 1. The number of amides is 1. The van der Waals surface area contributed by atoms with Gasteiger partial charge < -0.3 is 14.5 Å². The van der Waals surface area contributed by atoms with Crippen LogP contribution in [-0.4, -0.2) is 44.1 Å². The average molecular weight is 313 g/mol. The lowest BCUT2D eigenvalue weighted by Crippen LogP contribution is -2.52. The third-order valence-corrected chi connectivity index (χ3v) is 5.07. The summed E-state index contributed by atoms with van der Waals surface area (Å²) in [6.07, 6.45) is 3.42. The van der Waals surface area contributed by atoms with Crippen molar-refractivity contribution in [1.82, 2.24) is 4.90 Å². The molecule has 1 saturated carbocycles. The number of methoxy groups -OCH3 is 1. The number of benzene rings is 1. The van der Waals surface area contributed by atoms with Gasteiger partial charge >= 0.3 is 0 Å². The highest BCUT2D eigenvalue weighted by molar-refractivity contribution is 5.86. The maximum absolute atomic E-state index is 12.8. The van der Waals surface area contributed by atoms with Gasteiger partial charge in [0.25, 0.3) is 0 Å². The van der Waals surface area contributed by atoms with Gasteiger partial charge in [-0.1, -0.05) is 18.9 Å². The van der Waals surface area contributed by atoms with E-state index < -0.39 is 5.41 Å². The summed E-state index contributed by atoms with van der Waals surface area (Å²) in [7, 11) is 1.67. The number of rotatable bonds is 3. The van der Waals surface area contributed by atoms with Gasteiger partial charge in [0.2, 0.25) is 5.91 Å². The molecule has 2 aliphatic rings. The summed E-state index contributed by atoms with van der Waals surface area (Å²) in [5, 5.41) is 9.48. The van der Waals surface area contributed by atoms with Gasteiger partial charge in [-0.05, 0) is 25.0 Å². The molecule has 0 aromatic heterocycles. The van der Waals surface area contributed by atoms with E-state index >= 15 is 0 Å². The SMILES string of the molecule is COc1cccc(N2CCN(C(=O)C3(C#N)CCCC3)CC2)c1. The highest BCUT2D eigenvalue weighted by Crippen LogP contribution is 2.39. The minimum Gasteiger partial charge on any atom is -0.497 e. The molecule has 1 aliphatic heterocycles. The van der Waals surface area contributed by atoms with E-state index in [-0.39, 0.29) is 5.91 Å². The zero-order chi connectivity index (χ0) is 16.3. The fraction of sp³-hybridized carbons (Fsp3) is 0.556. The van der Waals surface area contributed by atoms with E-state index in [0.29, 0.717) is 13.1 Å². The third-order valence-electron chi connectivity index (χ3n) is 5.07. The molecule has 1 amide bonds. The molecule has 0 radical (unpaired) electrons. The summed E-state index contributed by atoms with van der Waals surface area (Å²) in [6.45, 7) is 2.94. The Kier molecular flexibility index (Phi) is 4.42. The molecule has 122 valence electrons. The standard InChI is InChI=1S/C18H23N3O2/c1-23-16-6-4-5-15(13-16)20-9-11-21(12-10-20)17(22)18(14-19)7-2-3-8-18/h4-6,13H,2-3,7-12H2,1H3. The summed E-state index contributed by atoms with van der Waals surface area (Å²) < 4.78 is 5.27. The van der Waals surface area contributed by atoms with Crippen LogP contribution in [0.15, 0.2) is 24.3 Å². The molecule has 1 saturated heterocycles. The van der Waals surface area contributed by atoms with E-state index in [0.717, 1.165) is 50.2 Å². The summed E-state index contributed by atoms with van der Waals surface area (Å²) in [4.78, 5) is 16.9. The van der Waals surface area contributed by atoms with E-state index in [1.165, 1.54) is 0 Å². The second kappa shape index (κ2) is 6.49. The van der Waals surface area contributed by atoms with Crippen molar-refractivity contribution in [2.24, 2.45) is 5.41 Å². The zero-order valence-electron chi connectivity index (χ0n) is 13.6. The van der Waals surface area contributed by atoms with Crippen molar-refractivity contribution < 1.29 is 9.53 Å². The molecule has 5 heteroatoms. The second-order valence-electron chi connectivity index (χ2n) is 6.38. The number of hydrogen-bond acceptors (Lipinski definition) is 4. The van der Waals surface area contributed by atoms with Gasteiger partial charge in [-0.2, -0.15) is 5.26 Å². The smallest absolute Gasteiger partial charge is 0.243 e.